The number of anilines is 2. The van der Waals surface area contributed by atoms with Crippen molar-refractivity contribution in [3.8, 4) is 0 Å². The largest absolute Gasteiger partial charge is 0.380 e. The maximum atomic E-state index is 11.7. The molecule has 3 nitrogen and oxygen atoms in total. The summed E-state index contributed by atoms with van der Waals surface area (Å²) in [7, 11) is 1.82. The van der Waals surface area contributed by atoms with E-state index in [0.717, 1.165) is 11.4 Å². The van der Waals surface area contributed by atoms with Crippen molar-refractivity contribution in [2.45, 2.75) is 19.4 Å². The lowest BCUT2D eigenvalue weighted by Gasteiger charge is -2.16. The minimum Gasteiger partial charge on any atom is -0.380 e. The highest BCUT2D eigenvalue weighted by Gasteiger charge is 2.21. The third-order valence-corrected chi connectivity index (χ3v) is 2.52. The van der Waals surface area contributed by atoms with Gasteiger partial charge in [-0.15, -0.1) is 0 Å². The van der Waals surface area contributed by atoms with Crippen LogP contribution in [0.25, 0.3) is 0 Å². The molecule has 1 heterocycles. The Morgan fingerprint density at radius 3 is 2.93 bits per heavy atom. The molecule has 14 heavy (non-hydrogen) atoms. The quantitative estimate of drug-likeness (QED) is 0.677. The summed E-state index contributed by atoms with van der Waals surface area (Å²) in [6, 6.07) is 8.08. The molecule has 74 valence electrons. The molecule has 0 aromatic heterocycles. The van der Waals surface area contributed by atoms with Crippen molar-refractivity contribution in [1.29, 1.82) is 0 Å². The first-order chi connectivity index (χ1) is 6.68. The molecule has 1 aromatic rings. The first kappa shape index (κ1) is 9.06. The third-order valence-electron chi connectivity index (χ3n) is 2.52. The Bertz CT molecular complexity index is 362. The average Bonchev–Trinajstić information content (AvgIpc) is 2.26. The molecule has 1 aromatic carbocycles. The fourth-order valence-corrected chi connectivity index (χ4v) is 1.74. The molecule has 0 saturated carbocycles. The van der Waals surface area contributed by atoms with Gasteiger partial charge in [0, 0.05) is 19.5 Å². The van der Waals surface area contributed by atoms with Crippen LogP contribution in [0.2, 0.25) is 0 Å². The van der Waals surface area contributed by atoms with Crippen LogP contribution < -0.4 is 10.2 Å². The van der Waals surface area contributed by atoms with Crippen molar-refractivity contribution in [3.63, 3.8) is 0 Å². The van der Waals surface area contributed by atoms with E-state index in [4.69, 9.17) is 0 Å². The van der Waals surface area contributed by atoms with E-state index in [-0.39, 0.29) is 11.9 Å². The number of nitrogens with one attached hydrogen (secondary N) is 1. The van der Waals surface area contributed by atoms with Crippen LogP contribution in [0.5, 0.6) is 0 Å². The number of hydrogen-bond donors (Lipinski definition) is 1. The van der Waals surface area contributed by atoms with Gasteiger partial charge in [-0.25, -0.2) is 0 Å². The normalized spacial score (nSPS) is 21.1. The molecular formula is C11H14N2O. The lowest BCUT2D eigenvalue weighted by atomic mass is 10.2. The topological polar surface area (TPSA) is 32.3 Å². The number of amides is 1. The number of carbonyl (C=O) groups is 1. The summed E-state index contributed by atoms with van der Waals surface area (Å²) in [5, 5.41) is 3.32. The van der Waals surface area contributed by atoms with Crippen LogP contribution in [0.3, 0.4) is 0 Å². The van der Waals surface area contributed by atoms with Crippen LogP contribution in [-0.4, -0.2) is 19.0 Å². The lowest BCUT2D eigenvalue weighted by Crippen LogP contribution is -2.27. The zero-order chi connectivity index (χ0) is 10.1. The van der Waals surface area contributed by atoms with E-state index < -0.39 is 0 Å². The Morgan fingerprint density at radius 2 is 2.14 bits per heavy atom. The molecule has 1 N–H and O–H groups in total. The summed E-state index contributed by atoms with van der Waals surface area (Å²) >= 11 is 0. The van der Waals surface area contributed by atoms with Gasteiger partial charge in [0.05, 0.1) is 11.4 Å². The minimum absolute atomic E-state index is 0.162. The van der Waals surface area contributed by atoms with E-state index in [2.05, 4.69) is 5.32 Å². The van der Waals surface area contributed by atoms with E-state index in [1.54, 1.807) is 4.90 Å². The molecule has 1 atom stereocenters. The summed E-state index contributed by atoms with van der Waals surface area (Å²) < 4.78 is 0. The van der Waals surface area contributed by atoms with Crippen molar-refractivity contribution in [1.82, 2.24) is 0 Å². The van der Waals surface area contributed by atoms with E-state index in [1.807, 2.05) is 38.2 Å². The monoisotopic (exact) mass is 190 g/mol. The zero-order valence-corrected chi connectivity index (χ0v) is 8.45. The fraction of sp³-hybridized carbons (Fsp3) is 0.364. The van der Waals surface area contributed by atoms with E-state index in [1.165, 1.54) is 0 Å². The summed E-state index contributed by atoms with van der Waals surface area (Å²) in [6.07, 6.45) is 0.547. The number of rotatable bonds is 0. The Morgan fingerprint density at radius 1 is 1.43 bits per heavy atom. The first-order valence-electron chi connectivity index (χ1n) is 4.80. The van der Waals surface area contributed by atoms with Crippen LogP contribution in [0, 0.1) is 0 Å². The maximum absolute atomic E-state index is 11.7. The third kappa shape index (κ3) is 1.45. The molecule has 1 aliphatic rings. The molecule has 3 heteroatoms. The maximum Gasteiger partial charge on any atom is 0.228 e. The summed E-state index contributed by atoms with van der Waals surface area (Å²) in [5.74, 6) is 0.162. The van der Waals surface area contributed by atoms with Gasteiger partial charge in [0.15, 0.2) is 0 Å². The molecule has 1 aliphatic heterocycles. The van der Waals surface area contributed by atoms with Gasteiger partial charge in [-0.05, 0) is 19.1 Å². The van der Waals surface area contributed by atoms with Crippen LogP contribution >= 0.6 is 0 Å². The van der Waals surface area contributed by atoms with Gasteiger partial charge in [-0.1, -0.05) is 12.1 Å². The second-order valence-electron chi connectivity index (χ2n) is 3.72. The zero-order valence-electron chi connectivity index (χ0n) is 8.45. The van der Waals surface area contributed by atoms with E-state index in [0.29, 0.717) is 6.42 Å². The Labute approximate surface area is 83.7 Å². The molecule has 0 fully saturated rings. The van der Waals surface area contributed by atoms with Gasteiger partial charge in [-0.2, -0.15) is 0 Å². The van der Waals surface area contributed by atoms with Crippen molar-refractivity contribution in [2.24, 2.45) is 0 Å². The van der Waals surface area contributed by atoms with Gasteiger partial charge in [-0.3, -0.25) is 4.79 Å². The smallest absolute Gasteiger partial charge is 0.228 e. The van der Waals surface area contributed by atoms with Crippen LogP contribution in [0.4, 0.5) is 11.4 Å². The average molecular weight is 190 g/mol. The first-order valence-corrected chi connectivity index (χ1v) is 4.80. The van der Waals surface area contributed by atoms with Crippen LogP contribution in [0.1, 0.15) is 13.3 Å². The summed E-state index contributed by atoms with van der Waals surface area (Å²) in [4.78, 5) is 13.4. The Hall–Kier alpha value is -1.51. The van der Waals surface area contributed by atoms with Crippen LogP contribution in [-0.2, 0) is 4.79 Å². The van der Waals surface area contributed by atoms with E-state index in [9.17, 15) is 4.79 Å². The molecule has 0 unspecified atom stereocenters. The molecule has 0 bridgehead atoms. The number of nitrogens with zero attached hydrogens (tertiary/aromatic N) is 1. The molecule has 0 aliphatic carbocycles. The van der Waals surface area contributed by atoms with Gasteiger partial charge >= 0.3 is 0 Å². The van der Waals surface area contributed by atoms with Gasteiger partial charge < -0.3 is 10.2 Å². The van der Waals surface area contributed by atoms with Crippen molar-refractivity contribution < 1.29 is 4.79 Å². The lowest BCUT2D eigenvalue weighted by molar-refractivity contribution is -0.118. The van der Waals surface area contributed by atoms with Gasteiger partial charge in [0.2, 0.25) is 5.91 Å². The predicted octanol–water partition coefficient (Wildman–Crippen LogP) is 1.85. The number of para-hydroxylation sites is 2. The molecule has 0 saturated heterocycles. The summed E-state index contributed by atoms with van der Waals surface area (Å²) in [5.41, 5.74) is 2.00. The highest BCUT2D eigenvalue weighted by molar-refractivity contribution is 5.98. The van der Waals surface area contributed by atoms with E-state index >= 15 is 0 Å². The number of carbonyl (C=O) groups excluding carboxylic acids is 1. The molecule has 2 rings (SSSR count). The van der Waals surface area contributed by atoms with Crippen LogP contribution in [0.15, 0.2) is 24.3 Å². The minimum atomic E-state index is 0.162. The molecular weight excluding hydrogens is 176 g/mol. The second kappa shape index (κ2) is 3.33. The molecule has 0 radical (unpaired) electrons. The SMILES string of the molecule is C[C@@H]1CC(=O)N(C)c2ccccc2N1. The number of hydrogen-bond acceptors (Lipinski definition) is 2. The molecule has 1 amide bonds. The predicted molar refractivity (Wildman–Crippen MR) is 57.6 cm³/mol. The Balaban J connectivity index is 2.46. The second-order valence-corrected chi connectivity index (χ2v) is 3.72. The fourth-order valence-electron chi connectivity index (χ4n) is 1.74. The molecule has 0 spiro atoms. The highest BCUT2D eigenvalue weighted by Crippen LogP contribution is 2.28. The van der Waals surface area contributed by atoms with Gasteiger partial charge in [0.25, 0.3) is 0 Å². The Kier molecular flexibility index (Phi) is 2.15. The van der Waals surface area contributed by atoms with Crippen molar-refractivity contribution >= 4 is 17.3 Å². The highest BCUT2D eigenvalue weighted by atomic mass is 16.2. The number of fused-ring (bicyclic) bond motifs is 1. The van der Waals surface area contributed by atoms with Gasteiger partial charge in [0.1, 0.15) is 0 Å². The van der Waals surface area contributed by atoms with Crippen molar-refractivity contribution in [3.05, 3.63) is 24.3 Å². The number of benzene rings is 1. The summed E-state index contributed by atoms with van der Waals surface area (Å²) in [6.45, 7) is 2.02. The standard InChI is InChI=1S/C11H14N2O/c1-8-7-11(14)13(2)10-6-4-3-5-9(10)12-8/h3-6,8,12H,7H2,1-2H3/t8-/m1/s1. The van der Waals surface area contributed by atoms with Crippen molar-refractivity contribution in [2.75, 3.05) is 17.3 Å².